The number of fused-ring (bicyclic) bond motifs is 1. The lowest BCUT2D eigenvalue weighted by molar-refractivity contribution is -0.0588. The van der Waals surface area contributed by atoms with Crippen molar-refractivity contribution < 1.29 is 13.2 Å². The van der Waals surface area contributed by atoms with Crippen molar-refractivity contribution in [1.82, 2.24) is 4.98 Å². The molecule has 9 heteroatoms. The molecule has 1 aromatic carbocycles. The van der Waals surface area contributed by atoms with Crippen molar-refractivity contribution in [3.63, 3.8) is 0 Å². The molecule has 0 aliphatic heterocycles. The van der Waals surface area contributed by atoms with Crippen LogP contribution in [0.5, 0.6) is 0 Å². The lowest BCUT2D eigenvalue weighted by Crippen LogP contribution is -2.27. The van der Waals surface area contributed by atoms with Crippen LogP contribution in [0.15, 0.2) is 60.1 Å². The van der Waals surface area contributed by atoms with E-state index in [1.54, 1.807) is 6.07 Å². The highest BCUT2D eigenvalue weighted by molar-refractivity contribution is 6.08. The number of halogens is 3. The summed E-state index contributed by atoms with van der Waals surface area (Å²) < 4.78 is 37.8. The largest absolute Gasteiger partial charge is 0.433 e. The van der Waals surface area contributed by atoms with Gasteiger partial charge >= 0.3 is 6.18 Å². The summed E-state index contributed by atoms with van der Waals surface area (Å²) >= 11 is 0. The Balaban J connectivity index is 2.18. The van der Waals surface area contributed by atoms with E-state index in [9.17, 15) is 13.2 Å². The number of pyridine rings is 1. The smallest absolute Gasteiger partial charge is 0.404 e. The van der Waals surface area contributed by atoms with Crippen LogP contribution in [-0.2, 0) is 0 Å². The molecule has 2 rings (SSSR count). The fourth-order valence-electron chi connectivity index (χ4n) is 2.04. The number of rotatable bonds is 4. The quantitative estimate of drug-likeness (QED) is 0.331. The van der Waals surface area contributed by atoms with Crippen molar-refractivity contribution in [3.8, 4) is 0 Å². The minimum absolute atomic E-state index is 0.274. The lowest BCUT2D eigenvalue weighted by atomic mass is 10.1. The summed E-state index contributed by atoms with van der Waals surface area (Å²) in [6.07, 6.45) is -1.86. The van der Waals surface area contributed by atoms with Gasteiger partial charge in [0.25, 0.3) is 0 Å². The van der Waals surface area contributed by atoms with Gasteiger partial charge in [-0.05, 0) is 12.1 Å². The maximum absolute atomic E-state index is 12.6. The number of hydrogen-bond acceptors (Lipinski definition) is 5. The third kappa shape index (κ3) is 4.34. The predicted molar refractivity (Wildman–Crippen MR) is 91.4 cm³/mol. The number of nitrogens with zero attached hydrogens (tertiary/aromatic N) is 1. The molecule has 0 saturated heterocycles. The fourth-order valence-corrected chi connectivity index (χ4v) is 2.04. The van der Waals surface area contributed by atoms with Crippen LogP contribution in [0.25, 0.3) is 10.9 Å². The van der Waals surface area contributed by atoms with E-state index in [0.29, 0.717) is 11.9 Å². The summed E-state index contributed by atoms with van der Waals surface area (Å²) in [6, 6.07) is 9.06. The van der Waals surface area contributed by atoms with Gasteiger partial charge in [-0.25, -0.2) is 0 Å². The summed E-state index contributed by atoms with van der Waals surface area (Å²) in [6.45, 7) is 0. The van der Waals surface area contributed by atoms with Crippen LogP contribution in [0.1, 0.15) is 0 Å². The first kappa shape index (κ1) is 18.0. The molecular weight excluding hydrogens is 333 g/mol. The monoisotopic (exact) mass is 348 g/mol. The van der Waals surface area contributed by atoms with Crippen LogP contribution >= 0.6 is 0 Å². The molecule has 0 radical (unpaired) electrons. The van der Waals surface area contributed by atoms with Gasteiger partial charge < -0.3 is 16.8 Å². The van der Waals surface area contributed by atoms with E-state index in [1.165, 1.54) is 6.20 Å². The SMILES string of the molecule is N=C(/C=C(N)/C(=C/N)C(=N)C(F)(F)F)Nc1cnc2ccccc2c1. The third-order valence-corrected chi connectivity index (χ3v) is 3.20. The van der Waals surface area contributed by atoms with E-state index in [-0.39, 0.29) is 5.84 Å². The number of benzene rings is 1. The summed E-state index contributed by atoms with van der Waals surface area (Å²) in [5, 5.41) is 18.4. The van der Waals surface area contributed by atoms with Gasteiger partial charge in [-0.1, -0.05) is 18.2 Å². The van der Waals surface area contributed by atoms with Gasteiger partial charge in [0.1, 0.15) is 11.5 Å². The van der Waals surface area contributed by atoms with Gasteiger partial charge in [0, 0.05) is 28.9 Å². The number of amidine groups is 1. The van der Waals surface area contributed by atoms with E-state index in [0.717, 1.165) is 17.0 Å². The van der Waals surface area contributed by atoms with Gasteiger partial charge in [0.05, 0.1) is 17.4 Å². The lowest BCUT2D eigenvalue weighted by Gasteiger charge is -2.12. The average Bonchev–Trinajstić information content (AvgIpc) is 2.54. The van der Waals surface area contributed by atoms with Gasteiger partial charge in [-0.15, -0.1) is 0 Å². The minimum Gasteiger partial charge on any atom is -0.404 e. The van der Waals surface area contributed by atoms with Crippen molar-refractivity contribution in [2.45, 2.75) is 6.18 Å². The predicted octanol–water partition coefficient (Wildman–Crippen LogP) is 2.89. The standard InChI is InChI=1S/C16H15F3N6/c17-16(18,19)15(23)11(7-20)12(21)6-14(22)25-10-5-9-3-1-2-4-13(9)24-8-10/h1-8,23H,20-21H2,(H2,22,25)/b11-7-,12-6-,23-15?. The Labute approximate surface area is 141 Å². The van der Waals surface area contributed by atoms with Crippen molar-refractivity contribution in [1.29, 1.82) is 10.8 Å². The van der Waals surface area contributed by atoms with E-state index in [1.807, 2.05) is 24.3 Å². The number of hydrogen-bond donors (Lipinski definition) is 5. The van der Waals surface area contributed by atoms with E-state index in [4.69, 9.17) is 22.3 Å². The number of para-hydroxylation sites is 1. The molecule has 130 valence electrons. The van der Waals surface area contributed by atoms with Crippen LogP contribution < -0.4 is 16.8 Å². The molecule has 0 amide bonds. The molecule has 0 saturated carbocycles. The molecule has 0 fully saturated rings. The first-order chi connectivity index (χ1) is 11.7. The van der Waals surface area contributed by atoms with Crippen molar-refractivity contribution >= 4 is 28.1 Å². The molecule has 25 heavy (non-hydrogen) atoms. The second-order valence-corrected chi connectivity index (χ2v) is 5.01. The highest BCUT2D eigenvalue weighted by Crippen LogP contribution is 2.23. The van der Waals surface area contributed by atoms with Gasteiger partial charge in [-0.2, -0.15) is 13.2 Å². The number of nitrogens with two attached hydrogens (primary N) is 2. The Kier molecular flexibility index (Phi) is 5.06. The number of allylic oxidation sites excluding steroid dienone is 1. The van der Waals surface area contributed by atoms with Crippen LogP contribution in [0, 0.1) is 10.8 Å². The molecule has 1 heterocycles. The number of aromatic nitrogens is 1. The van der Waals surface area contributed by atoms with E-state index < -0.39 is 23.2 Å². The van der Waals surface area contributed by atoms with Gasteiger partial charge in [0.2, 0.25) is 0 Å². The van der Waals surface area contributed by atoms with Crippen molar-refractivity contribution in [2.24, 2.45) is 11.5 Å². The first-order valence-corrected chi connectivity index (χ1v) is 6.98. The first-order valence-electron chi connectivity index (χ1n) is 6.98. The van der Waals surface area contributed by atoms with Crippen LogP contribution in [0.2, 0.25) is 0 Å². The molecule has 6 nitrogen and oxygen atoms in total. The van der Waals surface area contributed by atoms with Crippen molar-refractivity contribution in [2.75, 3.05) is 5.32 Å². The number of anilines is 1. The number of alkyl halides is 3. The molecule has 2 aromatic rings. The minimum atomic E-state index is -4.89. The topological polar surface area (TPSA) is 125 Å². The zero-order chi connectivity index (χ0) is 18.6. The maximum Gasteiger partial charge on any atom is 0.433 e. The fraction of sp³-hybridized carbons (Fsp3) is 0.0625. The second kappa shape index (κ2) is 7.04. The van der Waals surface area contributed by atoms with Crippen LogP contribution in [0.3, 0.4) is 0 Å². The highest BCUT2D eigenvalue weighted by Gasteiger charge is 2.37. The third-order valence-electron chi connectivity index (χ3n) is 3.20. The molecule has 0 atom stereocenters. The molecule has 0 unspecified atom stereocenters. The maximum atomic E-state index is 12.6. The Bertz CT molecular complexity index is 883. The van der Waals surface area contributed by atoms with Gasteiger partial charge in [-0.3, -0.25) is 15.8 Å². The molecule has 1 aromatic heterocycles. The molecular formula is C16H15F3N6. The van der Waals surface area contributed by atoms with Crippen molar-refractivity contribution in [3.05, 3.63) is 60.1 Å². The normalized spacial score (nSPS) is 12.9. The zero-order valence-corrected chi connectivity index (χ0v) is 12.9. The van der Waals surface area contributed by atoms with Gasteiger partial charge in [0.15, 0.2) is 0 Å². The molecule has 0 aliphatic carbocycles. The molecule has 0 bridgehead atoms. The molecule has 0 spiro atoms. The van der Waals surface area contributed by atoms with E-state index >= 15 is 0 Å². The highest BCUT2D eigenvalue weighted by atomic mass is 19.4. The Hall–Kier alpha value is -3.36. The molecule has 0 aliphatic rings. The Morgan fingerprint density at radius 3 is 2.52 bits per heavy atom. The Morgan fingerprint density at radius 1 is 1.20 bits per heavy atom. The zero-order valence-electron chi connectivity index (χ0n) is 12.9. The van der Waals surface area contributed by atoms with Crippen LogP contribution in [-0.4, -0.2) is 22.7 Å². The number of nitrogens with one attached hydrogen (secondary N) is 3. The summed E-state index contributed by atoms with van der Waals surface area (Å²) in [7, 11) is 0. The summed E-state index contributed by atoms with van der Waals surface area (Å²) in [5.74, 6) is -0.274. The molecule has 7 N–H and O–H groups in total. The average molecular weight is 348 g/mol. The summed E-state index contributed by atoms with van der Waals surface area (Å²) in [4.78, 5) is 4.20. The Morgan fingerprint density at radius 2 is 1.88 bits per heavy atom. The summed E-state index contributed by atoms with van der Waals surface area (Å²) in [5.41, 5.74) is 9.10. The van der Waals surface area contributed by atoms with E-state index in [2.05, 4.69) is 10.3 Å². The van der Waals surface area contributed by atoms with Crippen LogP contribution in [0.4, 0.5) is 18.9 Å². The second-order valence-electron chi connectivity index (χ2n) is 5.01.